The smallest absolute Gasteiger partial charge is 0.110 e. The second-order valence-electron chi connectivity index (χ2n) is 3.92. The van der Waals surface area contributed by atoms with E-state index in [1.54, 1.807) is 13.8 Å². The van der Waals surface area contributed by atoms with Gasteiger partial charge in [0.25, 0.3) is 0 Å². The van der Waals surface area contributed by atoms with Crippen LogP contribution in [0.1, 0.15) is 39.5 Å². The molecule has 0 fully saturated rings. The lowest BCUT2D eigenvalue weighted by Gasteiger charge is -2.19. The summed E-state index contributed by atoms with van der Waals surface area (Å²) in [7, 11) is 0. The molecular weight excluding hydrogens is 156 g/mol. The highest BCUT2D eigenvalue weighted by Gasteiger charge is 2.15. The fourth-order valence-corrected chi connectivity index (χ4v) is 0.966. The van der Waals surface area contributed by atoms with Gasteiger partial charge >= 0.3 is 0 Å². The fourth-order valence-electron chi connectivity index (χ4n) is 0.966. The first kappa shape index (κ1) is 11.8. The Morgan fingerprint density at radius 2 is 1.17 bits per heavy atom. The Morgan fingerprint density at radius 1 is 0.917 bits per heavy atom. The maximum atomic E-state index is 9.13. The van der Waals surface area contributed by atoms with Crippen molar-refractivity contribution in [2.24, 2.45) is 11.5 Å². The van der Waals surface area contributed by atoms with Gasteiger partial charge < -0.3 is 21.7 Å². The van der Waals surface area contributed by atoms with Crippen LogP contribution in [0.4, 0.5) is 0 Å². The maximum Gasteiger partial charge on any atom is 0.110 e. The molecule has 0 bridgehead atoms. The third-order valence-electron chi connectivity index (χ3n) is 1.62. The summed E-state index contributed by atoms with van der Waals surface area (Å²) in [6, 6.07) is 0. The lowest BCUT2D eigenvalue weighted by atomic mass is 10.0. The van der Waals surface area contributed by atoms with Crippen LogP contribution in [0.25, 0.3) is 0 Å². The highest BCUT2D eigenvalue weighted by atomic mass is 16.3. The molecule has 0 aliphatic heterocycles. The molecule has 74 valence electrons. The van der Waals surface area contributed by atoms with E-state index in [0.717, 1.165) is 12.8 Å². The number of aliphatic hydroxyl groups is 2. The molecule has 0 radical (unpaired) electrons. The number of hydrogen-bond donors (Lipinski definition) is 4. The van der Waals surface area contributed by atoms with E-state index < -0.39 is 11.4 Å². The molecule has 0 aliphatic carbocycles. The summed E-state index contributed by atoms with van der Waals surface area (Å²) in [6.07, 6.45) is 2.61. The summed E-state index contributed by atoms with van der Waals surface area (Å²) in [5.74, 6) is 0. The molecule has 4 heteroatoms. The van der Waals surface area contributed by atoms with Crippen molar-refractivity contribution in [3.8, 4) is 0 Å². The minimum Gasteiger partial charge on any atom is -0.376 e. The molecule has 2 atom stereocenters. The molecule has 6 N–H and O–H groups in total. The Labute approximate surface area is 73.6 Å². The first-order valence-electron chi connectivity index (χ1n) is 4.23. The number of hydrogen-bond acceptors (Lipinski definition) is 4. The predicted octanol–water partition coefficient (Wildman–Crippen LogP) is -0.119. The van der Waals surface area contributed by atoms with E-state index in [1.165, 1.54) is 0 Å². The van der Waals surface area contributed by atoms with Crippen LogP contribution in [0.3, 0.4) is 0 Å². The van der Waals surface area contributed by atoms with Gasteiger partial charge in [0.05, 0.1) is 0 Å². The van der Waals surface area contributed by atoms with E-state index >= 15 is 0 Å². The molecule has 0 aromatic carbocycles. The largest absolute Gasteiger partial charge is 0.376 e. The van der Waals surface area contributed by atoms with Crippen LogP contribution >= 0.6 is 0 Å². The highest BCUT2D eigenvalue weighted by molar-refractivity contribution is 4.66. The molecule has 0 saturated heterocycles. The molecule has 0 amide bonds. The Balaban J connectivity index is 3.35. The van der Waals surface area contributed by atoms with Crippen molar-refractivity contribution in [2.45, 2.75) is 51.0 Å². The lowest BCUT2D eigenvalue weighted by Crippen LogP contribution is -2.37. The Bertz CT molecular complexity index is 108. The summed E-state index contributed by atoms with van der Waals surface area (Å²) in [6.45, 7) is 3.13. The number of unbranched alkanes of at least 4 members (excludes halogenated alkanes) is 1. The fraction of sp³-hybridized carbons (Fsp3) is 1.00. The van der Waals surface area contributed by atoms with E-state index in [-0.39, 0.29) is 0 Å². The monoisotopic (exact) mass is 176 g/mol. The second-order valence-corrected chi connectivity index (χ2v) is 3.92. The molecule has 2 unspecified atom stereocenters. The van der Waals surface area contributed by atoms with E-state index in [4.69, 9.17) is 21.7 Å². The van der Waals surface area contributed by atoms with Gasteiger partial charge in [0.15, 0.2) is 0 Å². The summed E-state index contributed by atoms with van der Waals surface area (Å²) < 4.78 is 0. The quantitative estimate of drug-likeness (QED) is 0.347. The number of rotatable bonds is 5. The van der Waals surface area contributed by atoms with Gasteiger partial charge in [-0.15, -0.1) is 0 Å². The summed E-state index contributed by atoms with van der Waals surface area (Å²) in [4.78, 5) is 0. The van der Waals surface area contributed by atoms with Crippen LogP contribution in [0, 0.1) is 0 Å². The van der Waals surface area contributed by atoms with E-state index in [9.17, 15) is 0 Å². The van der Waals surface area contributed by atoms with E-state index in [2.05, 4.69) is 0 Å². The topological polar surface area (TPSA) is 92.5 Å². The van der Waals surface area contributed by atoms with Gasteiger partial charge in [-0.25, -0.2) is 0 Å². The molecule has 0 heterocycles. The van der Waals surface area contributed by atoms with Crippen molar-refractivity contribution < 1.29 is 10.2 Å². The van der Waals surface area contributed by atoms with Gasteiger partial charge in [-0.3, -0.25) is 0 Å². The van der Waals surface area contributed by atoms with Crippen LogP contribution in [0.5, 0.6) is 0 Å². The third kappa shape index (κ3) is 9.84. The highest BCUT2D eigenvalue weighted by Crippen LogP contribution is 2.12. The molecular formula is C8H20N2O2. The average molecular weight is 176 g/mol. The number of nitrogens with two attached hydrogens (primary N) is 2. The van der Waals surface area contributed by atoms with Crippen LogP contribution in [-0.4, -0.2) is 21.7 Å². The van der Waals surface area contributed by atoms with Gasteiger partial charge in [-0.2, -0.15) is 0 Å². The van der Waals surface area contributed by atoms with Crippen LogP contribution in [-0.2, 0) is 0 Å². The Hall–Kier alpha value is -0.160. The lowest BCUT2D eigenvalue weighted by molar-refractivity contribution is 0.0399. The van der Waals surface area contributed by atoms with Gasteiger partial charge in [0.1, 0.15) is 11.4 Å². The first-order valence-corrected chi connectivity index (χ1v) is 4.23. The summed E-state index contributed by atoms with van der Waals surface area (Å²) in [5.41, 5.74) is 8.50. The zero-order valence-electron chi connectivity index (χ0n) is 7.88. The zero-order chi connectivity index (χ0) is 9.83. The summed E-state index contributed by atoms with van der Waals surface area (Å²) >= 11 is 0. The van der Waals surface area contributed by atoms with Crippen molar-refractivity contribution in [3.05, 3.63) is 0 Å². The van der Waals surface area contributed by atoms with Crippen molar-refractivity contribution in [3.63, 3.8) is 0 Å². The second kappa shape index (κ2) is 4.18. The van der Waals surface area contributed by atoms with E-state index in [1.807, 2.05) is 0 Å². The first-order chi connectivity index (χ1) is 5.21. The van der Waals surface area contributed by atoms with Gasteiger partial charge in [-0.1, -0.05) is 0 Å². The standard InChI is InChI=1S/C8H20N2O2/c1-7(9,11)5-3-4-6-8(2,10)12/h11-12H,3-6,9-10H2,1-2H3. The zero-order valence-corrected chi connectivity index (χ0v) is 7.88. The van der Waals surface area contributed by atoms with Gasteiger partial charge in [0.2, 0.25) is 0 Å². The predicted molar refractivity (Wildman–Crippen MR) is 48.1 cm³/mol. The van der Waals surface area contributed by atoms with Crippen molar-refractivity contribution in [1.29, 1.82) is 0 Å². The third-order valence-corrected chi connectivity index (χ3v) is 1.62. The maximum absolute atomic E-state index is 9.13. The van der Waals surface area contributed by atoms with Crippen LogP contribution in [0.2, 0.25) is 0 Å². The van der Waals surface area contributed by atoms with Gasteiger partial charge in [0, 0.05) is 0 Å². The van der Waals surface area contributed by atoms with Gasteiger partial charge in [-0.05, 0) is 39.5 Å². The Kier molecular flexibility index (Phi) is 4.13. The van der Waals surface area contributed by atoms with Crippen LogP contribution in [0.15, 0.2) is 0 Å². The van der Waals surface area contributed by atoms with Crippen LogP contribution < -0.4 is 11.5 Å². The molecule has 0 saturated carbocycles. The molecule has 0 aromatic heterocycles. The minimum absolute atomic E-state index is 0.531. The van der Waals surface area contributed by atoms with Crippen molar-refractivity contribution in [1.82, 2.24) is 0 Å². The van der Waals surface area contributed by atoms with E-state index in [0.29, 0.717) is 12.8 Å². The molecule has 0 aromatic rings. The molecule has 0 spiro atoms. The SMILES string of the molecule is CC(N)(O)CCCCC(C)(N)O. The summed E-state index contributed by atoms with van der Waals surface area (Å²) in [5, 5.41) is 18.3. The molecule has 4 nitrogen and oxygen atoms in total. The Morgan fingerprint density at radius 3 is 1.33 bits per heavy atom. The minimum atomic E-state index is -1.10. The van der Waals surface area contributed by atoms with Crippen molar-refractivity contribution >= 4 is 0 Å². The molecule has 12 heavy (non-hydrogen) atoms. The average Bonchev–Trinajstić information content (AvgIpc) is 1.76. The normalized spacial score (nSPS) is 21.5. The molecule has 0 aliphatic rings. The van der Waals surface area contributed by atoms with Crippen molar-refractivity contribution in [2.75, 3.05) is 0 Å². The molecule has 0 rings (SSSR count).